The average molecular weight is 356 g/mol. The minimum Gasteiger partial charge on any atom is -0.463 e. The maximum atomic E-state index is 11.3. The van der Waals surface area contributed by atoms with Crippen LogP contribution in [0.15, 0.2) is 54.6 Å². The number of hydrogen-bond acceptors (Lipinski definition) is 6. The van der Waals surface area contributed by atoms with Gasteiger partial charge in [-0.05, 0) is 23.6 Å². The minimum absolute atomic E-state index is 0.0347. The van der Waals surface area contributed by atoms with Gasteiger partial charge in [-0.3, -0.25) is 9.59 Å². The summed E-state index contributed by atoms with van der Waals surface area (Å²) in [6.07, 6.45) is 1.40. The van der Waals surface area contributed by atoms with Gasteiger partial charge >= 0.3 is 11.9 Å². The predicted molar refractivity (Wildman–Crippen MR) is 94.6 cm³/mol. The molecule has 2 aromatic carbocycles. The van der Waals surface area contributed by atoms with E-state index in [9.17, 15) is 9.59 Å². The van der Waals surface area contributed by atoms with Gasteiger partial charge < -0.3 is 18.9 Å². The van der Waals surface area contributed by atoms with Crippen LogP contribution in [0.3, 0.4) is 0 Å². The Morgan fingerprint density at radius 1 is 1.00 bits per heavy atom. The van der Waals surface area contributed by atoms with Gasteiger partial charge in [0.25, 0.3) is 0 Å². The van der Waals surface area contributed by atoms with Gasteiger partial charge in [0, 0.05) is 19.2 Å². The third-order valence-corrected chi connectivity index (χ3v) is 3.88. The van der Waals surface area contributed by atoms with E-state index in [0.29, 0.717) is 5.75 Å². The molecule has 6 nitrogen and oxygen atoms in total. The van der Waals surface area contributed by atoms with Crippen LogP contribution in [0.25, 0.3) is 10.8 Å². The third kappa shape index (κ3) is 4.40. The molecule has 1 heterocycles. The summed E-state index contributed by atoms with van der Waals surface area (Å²) < 4.78 is 22.0. The minimum atomic E-state index is -0.687. The van der Waals surface area contributed by atoms with Crippen LogP contribution in [0.5, 0.6) is 5.75 Å². The highest BCUT2D eigenvalue weighted by Crippen LogP contribution is 2.28. The summed E-state index contributed by atoms with van der Waals surface area (Å²) in [6.45, 7) is 2.59. The lowest BCUT2D eigenvalue weighted by Crippen LogP contribution is -2.43. The summed E-state index contributed by atoms with van der Waals surface area (Å²) >= 11 is 0. The zero-order valence-corrected chi connectivity index (χ0v) is 14.6. The van der Waals surface area contributed by atoms with Crippen LogP contribution in [-0.4, -0.2) is 37.0 Å². The van der Waals surface area contributed by atoms with E-state index in [1.54, 1.807) is 12.2 Å². The first kappa shape index (κ1) is 17.9. The van der Waals surface area contributed by atoms with Crippen LogP contribution in [0.2, 0.25) is 0 Å². The number of fused-ring (bicyclic) bond motifs is 1. The molecule has 0 saturated carbocycles. The molecule has 0 aliphatic carbocycles. The Morgan fingerprint density at radius 3 is 2.54 bits per heavy atom. The number of hydrogen-bond donors (Lipinski definition) is 0. The number of carbonyl (C=O) groups is 2. The molecule has 6 heteroatoms. The normalized spacial score (nSPS) is 22.0. The molecular weight excluding hydrogens is 336 g/mol. The number of esters is 2. The second-order valence-corrected chi connectivity index (χ2v) is 5.90. The van der Waals surface area contributed by atoms with Crippen LogP contribution in [0.4, 0.5) is 0 Å². The van der Waals surface area contributed by atoms with E-state index >= 15 is 0 Å². The van der Waals surface area contributed by atoms with Crippen molar-refractivity contribution in [1.29, 1.82) is 0 Å². The molecule has 0 unspecified atom stereocenters. The molecule has 0 bridgehead atoms. The first-order valence-electron chi connectivity index (χ1n) is 8.32. The molecule has 136 valence electrons. The van der Waals surface area contributed by atoms with Crippen LogP contribution in [0, 0.1) is 0 Å². The fourth-order valence-corrected chi connectivity index (χ4v) is 2.75. The van der Waals surface area contributed by atoms with Crippen molar-refractivity contribution in [1.82, 2.24) is 0 Å². The Hall–Kier alpha value is -2.86. The highest BCUT2D eigenvalue weighted by molar-refractivity contribution is 5.88. The number of benzene rings is 2. The van der Waals surface area contributed by atoms with Gasteiger partial charge in [-0.2, -0.15) is 0 Å². The maximum Gasteiger partial charge on any atom is 0.303 e. The maximum absolute atomic E-state index is 11.3. The van der Waals surface area contributed by atoms with Crippen LogP contribution >= 0.6 is 0 Å². The number of rotatable bonds is 5. The van der Waals surface area contributed by atoms with E-state index in [2.05, 4.69) is 0 Å². The van der Waals surface area contributed by atoms with E-state index in [1.165, 1.54) is 13.8 Å². The second-order valence-electron chi connectivity index (χ2n) is 5.90. The summed E-state index contributed by atoms with van der Waals surface area (Å²) in [5.74, 6) is -0.198. The fraction of sp³-hybridized carbons (Fsp3) is 0.300. The van der Waals surface area contributed by atoms with E-state index < -0.39 is 30.4 Å². The van der Waals surface area contributed by atoms with Gasteiger partial charge in [0.15, 0.2) is 0 Å². The molecule has 0 radical (unpaired) electrons. The SMILES string of the molecule is CC(=O)OC[C@H]1O[C@H](Oc2cccc3ccccc23)C=C[C@@H]1OC(C)=O. The lowest BCUT2D eigenvalue weighted by atomic mass is 10.1. The highest BCUT2D eigenvalue weighted by Gasteiger charge is 2.31. The Morgan fingerprint density at radius 2 is 1.77 bits per heavy atom. The predicted octanol–water partition coefficient (Wildman–Crippen LogP) is 2.99. The number of carbonyl (C=O) groups excluding carboxylic acids is 2. The van der Waals surface area contributed by atoms with Gasteiger partial charge in [0.05, 0.1) is 0 Å². The van der Waals surface area contributed by atoms with E-state index in [-0.39, 0.29) is 6.61 Å². The molecule has 0 N–H and O–H groups in total. The van der Waals surface area contributed by atoms with Crippen LogP contribution in [0.1, 0.15) is 13.8 Å². The fourth-order valence-electron chi connectivity index (χ4n) is 2.75. The van der Waals surface area contributed by atoms with E-state index in [1.807, 2.05) is 42.5 Å². The molecule has 0 fully saturated rings. The van der Waals surface area contributed by atoms with Gasteiger partial charge in [-0.15, -0.1) is 0 Å². The average Bonchev–Trinajstić information content (AvgIpc) is 2.61. The standard InChI is InChI=1S/C20H20O6/c1-13(21)23-12-19-18(24-14(2)22)10-11-20(26-19)25-17-9-5-7-15-6-3-4-8-16(15)17/h3-11,18-20H,12H2,1-2H3/t18-,19+,20-/m0/s1. The molecule has 0 aromatic heterocycles. The quantitative estimate of drug-likeness (QED) is 0.606. The van der Waals surface area contributed by atoms with Gasteiger partial charge in [0.2, 0.25) is 6.29 Å². The molecule has 3 atom stereocenters. The molecule has 1 aliphatic rings. The summed E-state index contributed by atoms with van der Waals surface area (Å²) in [6, 6.07) is 13.6. The highest BCUT2D eigenvalue weighted by atomic mass is 16.7. The van der Waals surface area contributed by atoms with Crippen LogP contribution in [-0.2, 0) is 23.8 Å². The van der Waals surface area contributed by atoms with Gasteiger partial charge in [-0.1, -0.05) is 36.4 Å². The van der Waals surface area contributed by atoms with E-state index in [4.69, 9.17) is 18.9 Å². The summed E-state index contributed by atoms with van der Waals surface area (Å²) in [5, 5.41) is 2.02. The Kier molecular flexibility index (Phi) is 5.53. The smallest absolute Gasteiger partial charge is 0.303 e. The largest absolute Gasteiger partial charge is 0.463 e. The molecule has 1 aliphatic heterocycles. The first-order valence-corrected chi connectivity index (χ1v) is 8.32. The monoisotopic (exact) mass is 356 g/mol. The zero-order chi connectivity index (χ0) is 18.5. The van der Waals surface area contributed by atoms with Crippen molar-refractivity contribution in [3.05, 3.63) is 54.6 Å². The third-order valence-electron chi connectivity index (χ3n) is 3.88. The summed E-state index contributed by atoms with van der Waals surface area (Å²) in [4.78, 5) is 22.4. The molecule has 0 amide bonds. The molecule has 3 rings (SSSR count). The molecule has 26 heavy (non-hydrogen) atoms. The van der Waals surface area contributed by atoms with Crippen molar-refractivity contribution in [3.63, 3.8) is 0 Å². The Bertz CT molecular complexity index is 823. The zero-order valence-electron chi connectivity index (χ0n) is 14.6. The van der Waals surface area contributed by atoms with Crippen molar-refractivity contribution < 1.29 is 28.5 Å². The first-order chi connectivity index (χ1) is 12.5. The second kappa shape index (κ2) is 8.01. The van der Waals surface area contributed by atoms with Crippen molar-refractivity contribution in [3.8, 4) is 5.75 Å². The summed E-state index contributed by atoms with van der Waals surface area (Å²) in [5.41, 5.74) is 0. The molecule has 2 aromatic rings. The Labute approximate surface area is 151 Å². The van der Waals surface area contributed by atoms with Crippen molar-refractivity contribution >= 4 is 22.7 Å². The van der Waals surface area contributed by atoms with Crippen LogP contribution < -0.4 is 4.74 Å². The lowest BCUT2D eigenvalue weighted by molar-refractivity contribution is -0.178. The molecule has 0 saturated heterocycles. The molecular formula is C20H20O6. The Balaban J connectivity index is 1.77. The van der Waals surface area contributed by atoms with Crippen molar-refractivity contribution in [2.75, 3.05) is 6.61 Å². The summed E-state index contributed by atoms with van der Waals surface area (Å²) in [7, 11) is 0. The lowest BCUT2D eigenvalue weighted by Gasteiger charge is -2.31. The topological polar surface area (TPSA) is 71.1 Å². The van der Waals surface area contributed by atoms with E-state index in [0.717, 1.165) is 10.8 Å². The van der Waals surface area contributed by atoms with Crippen molar-refractivity contribution in [2.45, 2.75) is 32.3 Å². The number of ether oxygens (including phenoxy) is 4. The molecule has 0 spiro atoms. The van der Waals surface area contributed by atoms with Gasteiger partial charge in [-0.25, -0.2) is 0 Å². The van der Waals surface area contributed by atoms with Gasteiger partial charge in [0.1, 0.15) is 24.6 Å². The van der Waals surface area contributed by atoms with Crippen molar-refractivity contribution in [2.24, 2.45) is 0 Å².